The molecular weight excluding hydrogens is 370 g/mol. The van der Waals surface area contributed by atoms with Crippen LogP contribution in [0.1, 0.15) is 55.0 Å². The Bertz CT molecular complexity index is 799. The average molecular weight is 404 g/mol. The van der Waals surface area contributed by atoms with E-state index in [1.807, 2.05) is 44.1 Å². The van der Waals surface area contributed by atoms with Crippen molar-refractivity contribution in [2.24, 2.45) is 5.92 Å². The summed E-state index contributed by atoms with van der Waals surface area (Å²) in [6, 6.07) is 0. The van der Waals surface area contributed by atoms with Crippen LogP contribution in [0.4, 0.5) is 0 Å². The molecule has 2 amide bonds. The smallest absolute Gasteiger partial charge is 0.340 e. The van der Waals surface area contributed by atoms with Gasteiger partial charge in [0.25, 0.3) is 0 Å². The van der Waals surface area contributed by atoms with E-state index >= 15 is 0 Å². The second-order valence-electron chi connectivity index (χ2n) is 7.56. The molecule has 0 unspecified atom stereocenters. The molecule has 2 heterocycles. The normalized spacial score (nSPS) is 14.7. The van der Waals surface area contributed by atoms with Crippen molar-refractivity contribution in [1.29, 1.82) is 0 Å². The molecule has 2 rings (SSSR count). The second kappa shape index (κ2) is 9.76. The Kier molecular flexibility index (Phi) is 7.65. The molecule has 0 N–H and O–H groups in total. The lowest BCUT2D eigenvalue weighted by atomic mass is 10.1. The Balaban J connectivity index is 2.16. The van der Waals surface area contributed by atoms with Crippen LogP contribution < -0.4 is 0 Å². The molecule has 1 fully saturated rings. The van der Waals surface area contributed by atoms with Gasteiger partial charge in [-0.25, -0.2) is 4.79 Å². The van der Waals surface area contributed by atoms with Gasteiger partial charge in [0.1, 0.15) is 0 Å². The summed E-state index contributed by atoms with van der Waals surface area (Å²) in [4.78, 5) is 40.8. The first-order valence-corrected chi connectivity index (χ1v) is 10.3. The van der Waals surface area contributed by atoms with Crippen molar-refractivity contribution in [2.45, 2.75) is 48.1 Å². The van der Waals surface area contributed by atoms with Gasteiger partial charge in [-0.3, -0.25) is 9.59 Å². The summed E-state index contributed by atoms with van der Waals surface area (Å²) in [5.41, 5.74) is 3.02. The van der Waals surface area contributed by atoms with Crippen LogP contribution in [0.3, 0.4) is 0 Å². The zero-order valence-corrected chi connectivity index (χ0v) is 18.4. The maximum Gasteiger partial charge on any atom is 0.340 e. The van der Waals surface area contributed by atoms with Gasteiger partial charge in [-0.05, 0) is 33.8 Å². The number of carbonyl (C=O) groups is 3. The van der Waals surface area contributed by atoms with E-state index in [1.165, 1.54) is 6.08 Å². The summed E-state index contributed by atoms with van der Waals surface area (Å²) in [5.74, 6) is -0.392. The molecule has 0 saturated carbocycles. The number of carbonyl (C=O) groups excluding carboxylic acids is 3. The molecule has 1 aromatic heterocycles. The van der Waals surface area contributed by atoms with E-state index in [9.17, 15) is 14.4 Å². The third-order valence-corrected chi connectivity index (χ3v) is 5.42. The number of nitrogens with zero attached hydrogens (tertiary/aromatic N) is 3. The van der Waals surface area contributed by atoms with Crippen LogP contribution in [0.15, 0.2) is 6.08 Å². The Morgan fingerprint density at radius 3 is 2.10 bits per heavy atom. The Hall–Kier alpha value is -2.57. The lowest BCUT2D eigenvalue weighted by Gasteiger charge is -2.35. The molecule has 1 aromatic rings. The van der Waals surface area contributed by atoms with Gasteiger partial charge in [0, 0.05) is 61.7 Å². The highest BCUT2D eigenvalue weighted by molar-refractivity contribution is 5.99. The molecular formula is C22H33N3O4. The summed E-state index contributed by atoms with van der Waals surface area (Å²) in [7, 11) is 0. The maximum absolute atomic E-state index is 12.7. The van der Waals surface area contributed by atoms with Crippen molar-refractivity contribution in [3.63, 3.8) is 0 Å². The molecule has 160 valence electrons. The molecule has 1 aliphatic heterocycles. The van der Waals surface area contributed by atoms with Gasteiger partial charge in [-0.1, -0.05) is 13.8 Å². The van der Waals surface area contributed by atoms with Crippen molar-refractivity contribution in [1.82, 2.24) is 14.4 Å². The van der Waals surface area contributed by atoms with E-state index < -0.39 is 0 Å². The van der Waals surface area contributed by atoms with Gasteiger partial charge in [0.15, 0.2) is 0 Å². The number of esters is 1. The fourth-order valence-electron chi connectivity index (χ4n) is 3.82. The fraction of sp³-hybridized carbons (Fsp3) is 0.591. The molecule has 29 heavy (non-hydrogen) atoms. The minimum atomic E-state index is -0.367. The number of amides is 2. The monoisotopic (exact) mass is 403 g/mol. The van der Waals surface area contributed by atoms with Crippen molar-refractivity contribution in [3.8, 4) is 0 Å². The highest BCUT2D eigenvalue weighted by Gasteiger charge is 2.25. The topological polar surface area (TPSA) is 71.9 Å². The van der Waals surface area contributed by atoms with E-state index in [2.05, 4.69) is 0 Å². The Morgan fingerprint density at radius 2 is 1.59 bits per heavy atom. The first-order valence-electron chi connectivity index (χ1n) is 10.3. The van der Waals surface area contributed by atoms with Gasteiger partial charge in [-0.2, -0.15) is 0 Å². The lowest BCUT2D eigenvalue weighted by molar-refractivity contribution is -0.139. The van der Waals surface area contributed by atoms with Crippen molar-refractivity contribution < 1.29 is 19.1 Å². The van der Waals surface area contributed by atoms with Crippen molar-refractivity contribution in [2.75, 3.05) is 32.8 Å². The molecule has 0 aromatic carbocycles. The van der Waals surface area contributed by atoms with Gasteiger partial charge in [0.05, 0.1) is 12.2 Å². The third-order valence-electron chi connectivity index (χ3n) is 5.42. The van der Waals surface area contributed by atoms with E-state index in [1.54, 1.807) is 17.9 Å². The summed E-state index contributed by atoms with van der Waals surface area (Å²) >= 11 is 0. The zero-order chi connectivity index (χ0) is 21.7. The minimum absolute atomic E-state index is 0.0349. The molecule has 7 heteroatoms. The average Bonchev–Trinajstić information content (AvgIpc) is 2.94. The first-order chi connectivity index (χ1) is 13.7. The number of rotatable bonds is 6. The number of aromatic nitrogens is 1. The summed E-state index contributed by atoms with van der Waals surface area (Å²) < 4.78 is 7.27. The van der Waals surface area contributed by atoms with Gasteiger partial charge in [-0.15, -0.1) is 0 Å². The molecule has 0 bridgehead atoms. The predicted molar refractivity (Wildman–Crippen MR) is 113 cm³/mol. The minimum Gasteiger partial charge on any atom is -0.462 e. The van der Waals surface area contributed by atoms with Crippen molar-refractivity contribution in [3.05, 3.63) is 28.6 Å². The van der Waals surface area contributed by atoms with Crippen LogP contribution in [-0.2, 0) is 20.9 Å². The van der Waals surface area contributed by atoms with E-state index in [4.69, 9.17) is 4.74 Å². The van der Waals surface area contributed by atoms with Crippen LogP contribution in [-0.4, -0.2) is 64.9 Å². The van der Waals surface area contributed by atoms with Gasteiger partial charge >= 0.3 is 5.97 Å². The lowest BCUT2D eigenvalue weighted by Crippen LogP contribution is -2.51. The zero-order valence-electron chi connectivity index (χ0n) is 18.4. The molecule has 0 aliphatic carbocycles. The molecule has 1 saturated heterocycles. The van der Waals surface area contributed by atoms with E-state index in [0.717, 1.165) is 23.5 Å². The predicted octanol–water partition coefficient (Wildman–Crippen LogP) is 2.64. The third kappa shape index (κ3) is 4.89. The fourth-order valence-corrected chi connectivity index (χ4v) is 3.82. The first kappa shape index (κ1) is 22.7. The maximum atomic E-state index is 12.7. The number of ether oxygens (including phenoxy) is 1. The number of hydrogen-bond donors (Lipinski definition) is 0. The van der Waals surface area contributed by atoms with Crippen LogP contribution in [0.25, 0.3) is 6.08 Å². The molecule has 0 spiro atoms. The number of piperazine rings is 1. The van der Waals surface area contributed by atoms with E-state index in [-0.39, 0.29) is 23.7 Å². The van der Waals surface area contributed by atoms with Gasteiger partial charge in [0.2, 0.25) is 11.8 Å². The van der Waals surface area contributed by atoms with Crippen LogP contribution in [0, 0.1) is 19.8 Å². The van der Waals surface area contributed by atoms with Crippen LogP contribution in [0.2, 0.25) is 0 Å². The molecule has 0 atom stereocenters. The standard InChI is InChI=1S/C22H33N3O4/c1-7-25-16(5)18(20(17(25)6)22(28)29-8-2)9-10-19(26)23-11-13-24(14-12-23)21(27)15(3)4/h9-10,15H,7-8,11-14H2,1-6H3/b10-9+. The largest absolute Gasteiger partial charge is 0.462 e. The van der Waals surface area contributed by atoms with E-state index in [0.29, 0.717) is 38.3 Å². The second-order valence-corrected chi connectivity index (χ2v) is 7.56. The van der Waals surface area contributed by atoms with Crippen LogP contribution in [0.5, 0.6) is 0 Å². The van der Waals surface area contributed by atoms with Gasteiger partial charge < -0.3 is 19.1 Å². The SMILES string of the molecule is CCOC(=O)c1c(/C=C/C(=O)N2CCN(C(=O)C(C)C)CC2)c(C)n(CC)c1C. The Labute approximate surface area is 173 Å². The summed E-state index contributed by atoms with van der Waals surface area (Å²) in [6.07, 6.45) is 3.24. The highest BCUT2D eigenvalue weighted by Crippen LogP contribution is 2.25. The highest BCUT2D eigenvalue weighted by atomic mass is 16.5. The number of hydrogen-bond acceptors (Lipinski definition) is 4. The molecule has 0 radical (unpaired) electrons. The van der Waals surface area contributed by atoms with Crippen molar-refractivity contribution >= 4 is 23.9 Å². The summed E-state index contributed by atoms with van der Waals surface area (Å²) in [6.45, 7) is 14.6. The summed E-state index contributed by atoms with van der Waals surface area (Å²) in [5, 5.41) is 0. The quantitative estimate of drug-likeness (QED) is 0.541. The molecule has 7 nitrogen and oxygen atoms in total. The van der Waals surface area contributed by atoms with Crippen LogP contribution >= 0.6 is 0 Å². The molecule has 1 aliphatic rings. The Morgan fingerprint density at radius 1 is 1.00 bits per heavy atom.